The minimum Gasteiger partial charge on any atom is -0.465 e. The smallest absolute Gasteiger partial charge is 0.407 e. The molecule has 0 aliphatic heterocycles. The molecule has 6 nitrogen and oxygen atoms in total. The van der Waals surface area contributed by atoms with Crippen LogP contribution in [0.15, 0.2) is 60.7 Å². The first kappa shape index (κ1) is 27.4. The number of hydrogen-bond acceptors (Lipinski definition) is 3. The molecule has 0 radical (unpaired) electrons. The van der Waals surface area contributed by atoms with Crippen LogP contribution in [-0.2, 0) is 16.0 Å². The Morgan fingerprint density at radius 1 is 1.00 bits per heavy atom. The summed E-state index contributed by atoms with van der Waals surface area (Å²) >= 11 is 0. The lowest BCUT2D eigenvalue weighted by Crippen LogP contribution is -2.54. The number of carbonyl (C=O) groups excluding carboxylic acids is 2. The fraction of sp³-hybridized carbons (Fsp3) is 0.500. The first-order valence-electron chi connectivity index (χ1n) is 13.3. The molecule has 0 bridgehead atoms. The van der Waals surface area contributed by atoms with Crippen molar-refractivity contribution in [3.63, 3.8) is 0 Å². The second-order valence-electron chi connectivity index (χ2n) is 10.2. The zero-order valence-electron chi connectivity index (χ0n) is 21.6. The molecule has 0 saturated heterocycles. The average molecular weight is 493 g/mol. The number of Topliss-reactive ketones (excluding diaryl/α,β-unsaturated/α-hetero) is 1. The highest BCUT2D eigenvalue weighted by Crippen LogP contribution is 2.46. The number of ketones is 1. The summed E-state index contributed by atoms with van der Waals surface area (Å²) in [6.45, 7) is 4.13. The Balaban J connectivity index is 1.69. The van der Waals surface area contributed by atoms with Crippen molar-refractivity contribution in [3.8, 4) is 0 Å². The van der Waals surface area contributed by atoms with E-state index in [1.165, 1.54) is 10.5 Å². The number of rotatable bonds is 14. The highest BCUT2D eigenvalue weighted by atomic mass is 16.4. The largest absolute Gasteiger partial charge is 0.465 e. The van der Waals surface area contributed by atoms with Crippen LogP contribution in [0.25, 0.3) is 0 Å². The van der Waals surface area contributed by atoms with Crippen LogP contribution in [0.4, 0.5) is 4.79 Å². The minimum absolute atomic E-state index is 0.119. The third kappa shape index (κ3) is 7.42. The van der Waals surface area contributed by atoms with Gasteiger partial charge in [-0.15, -0.1) is 0 Å². The van der Waals surface area contributed by atoms with Gasteiger partial charge in [0.2, 0.25) is 5.78 Å². The van der Waals surface area contributed by atoms with Crippen LogP contribution in [0.1, 0.15) is 82.4 Å². The monoisotopic (exact) mass is 492 g/mol. The first-order chi connectivity index (χ1) is 17.3. The Labute approximate surface area is 215 Å². The molecule has 194 valence electrons. The van der Waals surface area contributed by atoms with E-state index in [4.69, 9.17) is 0 Å². The number of hydrogen-bond donors (Lipinski definition) is 2. The van der Waals surface area contributed by atoms with Gasteiger partial charge in [-0.25, -0.2) is 4.79 Å². The van der Waals surface area contributed by atoms with Gasteiger partial charge in [0.05, 0.1) is 6.04 Å². The fourth-order valence-corrected chi connectivity index (χ4v) is 5.22. The summed E-state index contributed by atoms with van der Waals surface area (Å²) in [5.41, 5.74) is 2.05. The van der Waals surface area contributed by atoms with E-state index in [1.54, 1.807) is 0 Å². The molecule has 0 spiro atoms. The Kier molecular flexibility index (Phi) is 10.1. The van der Waals surface area contributed by atoms with Gasteiger partial charge in [-0.05, 0) is 62.0 Å². The van der Waals surface area contributed by atoms with Crippen molar-refractivity contribution in [2.24, 2.45) is 5.41 Å². The van der Waals surface area contributed by atoms with Crippen molar-refractivity contribution < 1.29 is 19.5 Å². The number of unbranched alkanes of at least 4 members (excludes halogenated alkanes) is 1. The fourth-order valence-electron chi connectivity index (χ4n) is 5.22. The van der Waals surface area contributed by atoms with Crippen molar-refractivity contribution in [2.75, 3.05) is 6.54 Å². The van der Waals surface area contributed by atoms with Gasteiger partial charge in [0.15, 0.2) is 0 Å². The number of amides is 2. The molecule has 1 saturated carbocycles. The molecule has 1 fully saturated rings. The Bertz CT molecular complexity index is 989. The molecule has 1 aliphatic carbocycles. The molecule has 0 aromatic heterocycles. The summed E-state index contributed by atoms with van der Waals surface area (Å²) in [7, 11) is 0. The lowest BCUT2D eigenvalue weighted by Gasteiger charge is -2.46. The molecule has 2 amide bonds. The van der Waals surface area contributed by atoms with Gasteiger partial charge in [0, 0.05) is 6.54 Å². The van der Waals surface area contributed by atoms with Crippen molar-refractivity contribution in [1.82, 2.24) is 10.2 Å². The van der Waals surface area contributed by atoms with Gasteiger partial charge in [0.25, 0.3) is 5.91 Å². The number of carbonyl (C=O) groups is 3. The maximum Gasteiger partial charge on any atom is 0.407 e. The van der Waals surface area contributed by atoms with Gasteiger partial charge in [-0.3, -0.25) is 14.5 Å². The SMILES string of the molecule is CCCC[C@@H](C(=O)C(=O)N[C@H](C)c1ccccc1)N(CC1(CCCc2ccccc2)CCC1)C(=O)O. The summed E-state index contributed by atoms with van der Waals surface area (Å²) in [6, 6.07) is 18.4. The van der Waals surface area contributed by atoms with E-state index in [-0.39, 0.29) is 11.5 Å². The Morgan fingerprint density at radius 2 is 1.64 bits per heavy atom. The number of benzene rings is 2. The molecule has 2 aromatic carbocycles. The average Bonchev–Trinajstić information content (AvgIpc) is 2.86. The molecule has 0 heterocycles. The molecule has 0 unspecified atom stereocenters. The number of nitrogens with one attached hydrogen (secondary N) is 1. The van der Waals surface area contributed by atoms with Crippen molar-refractivity contribution >= 4 is 17.8 Å². The van der Waals surface area contributed by atoms with Crippen LogP contribution in [0.5, 0.6) is 0 Å². The molecule has 36 heavy (non-hydrogen) atoms. The zero-order valence-corrected chi connectivity index (χ0v) is 21.6. The van der Waals surface area contributed by atoms with Crippen molar-refractivity contribution in [3.05, 3.63) is 71.8 Å². The predicted octanol–water partition coefficient (Wildman–Crippen LogP) is 6.16. The lowest BCUT2D eigenvalue weighted by molar-refractivity contribution is -0.141. The van der Waals surface area contributed by atoms with Crippen LogP contribution in [0.3, 0.4) is 0 Å². The van der Waals surface area contributed by atoms with Gasteiger partial charge in [-0.2, -0.15) is 0 Å². The predicted molar refractivity (Wildman–Crippen MR) is 142 cm³/mol. The van der Waals surface area contributed by atoms with E-state index in [0.29, 0.717) is 19.4 Å². The van der Waals surface area contributed by atoms with Crippen molar-refractivity contribution in [1.29, 1.82) is 0 Å². The summed E-state index contributed by atoms with van der Waals surface area (Å²) in [4.78, 5) is 40.0. The van der Waals surface area contributed by atoms with E-state index < -0.39 is 23.8 Å². The van der Waals surface area contributed by atoms with Gasteiger partial charge < -0.3 is 10.4 Å². The first-order valence-corrected chi connectivity index (χ1v) is 13.3. The van der Waals surface area contributed by atoms with E-state index in [2.05, 4.69) is 17.4 Å². The zero-order chi connectivity index (χ0) is 26.0. The maximum absolute atomic E-state index is 13.3. The standard InChI is InChI=1S/C30H40N2O4/c1-3-4-18-26(27(33)28(34)31-23(2)25-16-9-6-10-17-25)32(29(35)36)22-30(20-12-21-30)19-11-15-24-13-7-5-8-14-24/h5-10,13-14,16-17,23,26H,3-4,11-12,15,18-22H2,1-2H3,(H,31,34)(H,35,36)/t23-,26+/m1/s1. The second-order valence-corrected chi connectivity index (χ2v) is 10.2. The number of aryl methyl sites for hydroxylation is 1. The minimum atomic E-state index is -1.12. The topological polar surface area (TPSA) is 86.7 Å². The second kappa shape index (κ2) is 13.2. The van der Waals surface area contributed by atoms with E-state index >= 15 is 0 Å². The van der Waals surface area contributed by atoms with Gasteiger partial charge in [-0.1, -0.05) is 86.8 Å². The molecular weight excluding hydrogens is 452 g/mol. The van der Waals surface area contributed by atoms with Crippen molar-refractivity contribution in [2.45, 2.75) is 83.7 Å². The van der Waals surface area contributed by atoms with Crippen LogP contribution >= 0.6 is 0 Å². The third-order valence-electron chi connectivity index (χ3n) is 7.56. The summed E-state index contributed by atoms with van der Waals surface area (Å²) < 4.78 is 0. The van der Waals surface area contributed by atoms with E-state index in [0.717, 1.165) is 50.5 Å². The van der Waals surface area contributed by atoms with Gasteiger partial charge >= 0.3 is 6.09 Å². The molecule has 2 N–H and O–H groups in total. The highest BCUT2D eigenvalue weighted by Gasteiger charge is 2.43. The molecule has 2 atom stereocenters. The summed E-state index contributed by atoms with van der Waals surface area (Å²) in [5.74, 6) is -1.38. The molecule has 1 aliphatic rings. The normalized spacial score (nSPS) is 15.8. The third-order valence-corrected chi connectivity index (χ3v) is 7.56. The van der Waals surface area contributed by atoms with Crippen LogP contribution in [0.2, 0.25) is 0 Å². The van der Waals surface area contributed by atoms with Crippen LogP contribution in [-0.4, -0.2) is 40.4 Å². The van der Waals surface area contributed by atoms with Crippen LogP contribution in [0, 0.1) is 5.41 Å². The lowest BCUT2D eigenvalue weighted by atomic mass is 9.65. The van der Waals surface area contributed by atoms with E-state index in [9.17, 15) is 19.5 Å². The number of nitrogens with zero attached hydrogens (tertiary/aromatic N) is 1. The van der Waals surface area contributed by atoms with Crippen LogP contribution < -0.4 is 5.32 Å². The summed E-state index contributed by atoms with van der Waals surface area (Å²) in [6.07, 6.45) is 6.56. The molecule has 3 rings (SSSR count). The highest BCUT2D eigenvalue weighted by molar-refractivity contribution is 6.38. The molecular formula is C30H40N2O4. The maximum atomic E-state index is 13.3. The molecule has 6 heteroatoms. The Hall–Kier alpha value is -3.15. The van der Waals surface area contributed by atoms with Gasteiger partial charge in [0.1, 0.15) is 6.04 Å². The van der Waals surface area contributed by atoms with E-state index in [1.807, 2.05) is 62.4 Å². The molecule has 2 aromatic rings. The quantitative estimate of drug-likeness (QED) is 0.309. The summed E-state index contributed by atoms with van der Waals surface area (Å²) in [5, 5.41) is 12.9. The number of carboxylic acid groups (broad SMARTS) is 1. The Morgan fingerprint density at radius 3 is 2.19 bits per heavy atom.